The first-order chi connectivity index (χ1) is 20.8. The van der Waals surface area contributed by atoms with Crippen molar-refractivity contribution >= 4 is 0 Å². The van der Waals surface area contributed by atoms with Crippen LogP contribution in [0.2, 0.25) is 0 Å². The predicted octanol–water partition coefficient (Wildman–Crippen LogP) is 8.03. The van der Waals surface area contributed by atoms with Crippen molar-refractivity contribution in [2.75, 3.05) is 0 Å². The van der Waals surface area contributed by atoms with Crippen LogP contribution in [0, 0.1) is 0 Å². The maximum atomic E-state index is 6.05. The van der Waals surface area contributed by atoms with E-state index in [4.69, 9.17) is 9.72 Å². The van der Waals surface area contributed by atoms with Crippen LogP contribution in [0.4, 0.5) is 0 Å². The smallest absolute Gasteiger partial charge is 0.127 e. The van der Waals surface area contributed by atoms with Gasteiger partial charge in [0, 0.05) is 38.6 Å². The number of nitrogens with zero attached hydrogens (tertiary/aromatic N) is 3. The van der Waals surface area contributed by atoms with Crippen LogP contribution >= 0.6 is 0 Å². The summed E-state index contributed by atoms with van der Waals surface area (Å²) in [5, 5.41) is 3.51. The standard InChI is InChI=1S/C37H38N4O/c1-2-12-34(13-3-1)42-35-21-19-31(20-22-35)28-41(36-14-5-4-9-32-10-8-24-40-37(32)36)27-30-17-15-29(16-18-30)25-38-26-33-11-6-7-23-39-33/h1-3,6-8,10-13,15-24,36,38H,4-5,9,14,25-28H2. The zero-order chi connectivity index (χ0) is 28.4. The molecule has 1 aliphatic rings. The first-order valence-corrected chi connectivity index (χ1v) is 15.0. The summed E-state index contributed by atoms with van der Waals surface area (Å²) in [5.41, 5.74) is 7.56. The number of fused-ring (bicyclic) bond motifs is 1. The van der Waals surface area contributed by atoms with E-state index in [1.54, 1.807) is 0 Å². The number of aryl methyl sites for hydroxylation is 1. The van der Waals surface area contributed by atoms with E-state index in [2.05, 4.69) is 81.9 Å². The van der Waals surface area contributed by atoms with E-state index < -0.39 is 0 Å². The lowest BCUT2D eigenvalue weighted by Gasteiger charge is -2.32. The maximum absolute atomic E-state index is 6.05. The monoisotopic (exact) mass is 554 g/mol. The topological polar surface area (TPSA) is 50.3 Å². The van der Waals surface area contributed by atoms with Gasteiger partial charge in [0.15, 0.2) is 0 Å². The fourth-order valence-electron chi connectivity index (χ4n) is 5.74. The summed E-state index contributed by atoms with van der Waals surface area (Å²) in [6.45, 7) is 3.29. The van der Waals surface area contributed by atoms with Gasteiger partial charge in [-0.05, 0) is 84.0 Å². The van der Waals surface area contributed by atoms with Crippen molar-refractivity contribution in [3.8, 4) is 11.5 Å². The summed E-state index contributed by atoms with van der Waals surface area (Å²) in [4.78, 5) is 11.9. The second-order valence-electron chi connectivity index (χ2n) is 11.0. The third-order valence-corrected chi connectivity index (χ3v) is 7.91. The quantitative estimate of drug-likeness (QED) is 0.168. The summed E-state index contributed by atoms with van der Waals surface area (Å²) in [6.07, 6.45) is 8.45. The number of aromatic nitrogens is 2. The molecular weight excluding hydrogens is 516 g/mol. The van der Waals surface area contributed by atoms with Crippen molar-refractivity contribution in [2.45, 2.75) is 57.9 Å². The molecule has 5 nitrogen and oxygen atoms in total. The van der Waals surface area contributed by atoms with E-state index in [0.717, 1.165) is 56.2 Å². The van der Waals surface area contributed by atoms with Crippen LogP contribution in [0.3, 0.4) is 0 Å². The molecule has 0 radical (unpaired) electrons. The first kappa shape index (κ1) is 27.8. The Kier molecular flexibility index (Phi) is 9.30. The van der Waals surface area contributed by atoms with Gasteiger partial charge in [-0.3, -0.25) is 14.9 Å². The summed E-state index contributed by atoms with van der Waals surface area (Å²) in [6, 6.07) is 38.2. The van der Waals surface area contributed by atoms with Crippen LogP contribution in [0.25, 0.3) is 0 Å². The van der Waals surface area contributed by atoms with Crippen LogP contribution in [0.5, 0.6) is 11.5 Å². The Labute approximate surface area is 249 Å². The van der Waals surface area contributed by atoms with Crippen molar-refractivity contribution in [1.82, 2.24) is 20.2 Å². The second kappa shape index (κ2) is 14.0. The van der Waals surface area contributed by atoms with Crippen LogP contribution in [-0.2, 0) is 32.6 Å². The molecule has 0 bridgehead atoms. The number of ether oxygens (including phenoxy) is 1. The Bertz CT molecular complexity index is 1520. The Hall–Kier alpha value is -4.32. The normalized spacial score (nSPS) is 14.7. The van der Waals surface area contributed by atoms with Crippen LogP contribution in [-0.4, -0.2) is 14.9 Å². The largest absolute Gasteiger partial charge is 0.457 e. The molecule has 6 rings (SSSR count). The molecule has 0 saturated carbocycles. The molecule has 1 aliphatic carbocycles. The van der Waals surface area contributed by atoms with Crippen molar-refractivity contribution in [1.29, 1.82) is 0 Å². The fourth-order valence-corrected chi connectivity index (χ4v) is 5.74. The highest BCUT2D eigenvalue weighted by Gasteiger charge is 2.26. The zero-order valence-corrected chi connectivity index (χ0v) is 24.0. The lowest BCUT2D eigenvalue weighted by atomic mass is 10.0. The molecule has 42 heavy (non-hydrogen) atoms. The molecule has 5 heteroatoms. The summed E-state index contributed by atoms with van der Waals surface area (Å²) < 4.78 is 6.05. The van der Waals surface area contributed by atoms with Gasteiger partial charge < -0.3 is 10.1 Å². The Morgan fingerprint density at radius 1 is 0.643 bits per heavy atom. The molecule has 0 fully saturated rings. The van der Waals surface area contributed by atoms with Crippen molar-refractivity contribution in [3.05, 3.63) is 155 Å². The van der Waals surface area contributed by atoms with Gasteiger partial charge >= 0.3 is 0 Å². The molecule has 0 spiro atoms. The minimum absolute atomic E-state index is 0.281. The van der Waals surface area contributed by atoms with E-state index in [-0.39, 0.29) is 6.04 Å². The second-order valence-corrected chi connectivity index (χ2v) is 11.0. The van der Waals surface area contributed by atoms with Gasteiger partial charge in [-0.1, -0.05) is 73.2 Å². The molecule has 2 heterocycles. The number of pyridine rings is 2. The van der Waals surface area contributed by atoms with E-state index >= 15 is 0 Å². The van der Waals surface area contributed by atoms with Gasteiger partial charge in [-0.25, -0.2) is 0 Å². The number of para-hydroxylation sites is 1. The molecule has 2 aromatic heterocycles. The average molecular weight is 555 g/mol. The minimum Gasteiger partial charge on any atom is -0.457 e. The average Bonchev–Trinajstić information content (AvgIpc) is 3.26. The molecule has 0 aliphatic heterocycles. The molecule has 5 aromatic rings. The zero-order valence-electron chi connectivity index (χ0n) is 24.0. The van der Waals surface area contributed by atoms with E-state index in [1.165, 1.54) is 40.8 Å². The number of nitrogens with one attached hydrogen (secondary N) is 1. The first-order valence-electron chi connectivity index (χ1n) is 15.0. The fraction of sp³-hybridized carbons (Fsp3) is 0.243. The Balaban J connectivity index is 1.17. The van der Waals surface area contributed by atoms with Crippen LogP contribution in [0.1, 0.15) is 58.9 Å². The number of benzene rings is 3. The third kappa shape index (κ3) is 7.49. The molecule has 3 aromatic carbocycles. The van der Waals surface area contributed by atoms with Crippen molar-refractivity contribution in [2.24, 2.45) is 0 Å². The number of hydrogen-bond acceptors (Lipinski definition) is 5. The molecule has 0 saturated heterocycles. The Morgan fingerprint density at radius 3 is 2.10 bits per heavy atom. The van der Waals surface area contributed by atoms with Crippen LogP contribution in [0.15, 0.2) is 122 Å². The highest BCUT2D eigenvalue weighted by Crippen LogP contribution is 2.34. The molecule has 1 unspecified atom stereocenters. The highest BCUT2D eigenvalue weighted by molar-refractivity contribution is 5.33. The van der Waals surface area contributed by atoms with Crippen LogP contribution < -0.4 is 10.1 Å². The highest BCUT2D eigenvalue weighted by atomic mass is 16.5. The van der Waals surface area contributed by atoms with Gasteiger partial charge in [0.2, 0.25) is 0 Å². The molecule has 1 N–H and O–H groups in total. The summed E-state index contributed by atoms with van der Waals surface area (Å²) >= 11 is 0. The third-order valence-electron chi connectivity index (χ3n) is 7.91. The van der Waals surface area contributed by atoms with E-state index in [0.29, 0.717) is 0 Å². The van der Waals surface area contributed by atoms with E-state index in [1.807, 2.05) is 54.9 Å². The van der Waals surface area contributed by atoms with E-state index in [9.17, 15) is 0 Å². The molecule has 212 valence electrons. The predicted molar refractivity (Wildman–Crippen MR) is 168 cm³/mol. The number of rotatable bonds is 11. The maximum Gasteiger partial charge on any atom is 0.127 e. The van der Waals surface area contributed by atoms with Gasteiger partial charge in [-0.2, -0.15) is 0 Å². The minimum atomic E-state index is 0.281. The molecule has 0 amide bonds. The van der Waals surface area contributed by atoms with Crippen molar-refractivity contribution in [3.63, 3.8) is 0 Å². The SMILES string of the molecule is c1ccc(Oc2ccc(CN(Cc3ccc(CNCc4ccccn4)cc3)C3CCCCc4cccnc43)cc2)cc1. The molecular formula is C37H38N4O. The van der Waals surface area contributed by atoms with Gasteiger partial charge in [0.25, 0.3) is 0 Å². The van der Waals surface area contributed by atoms with Gasteiger partial charge in [0.05, 0.1) is 17.4 Å². The summed E-state index contributed by atoms with van der Waals surface area (Å²) in [7, 11) is 0. The molecule has 1 atom stereocenters. The lowest BCUT2D eigenvalue weighted by Crippen LogP contribution is -2.29. The van der Waals surface area contributed by atoms with Crippen molar-refractivity contribution < 1.29 is 4.74 Å². The number of hydrogen-bond donors (Lipinski definition) is 1. The van der Waals surface area contributed by atoms with Gasteiger partial charge in [-0.15, -0.1) is 0 Å². The lowest BCUT2D eigenvalue weighted by molar-refractivity contribution is 0.165. The van der Waals surface area contributed by atoms with Gasteiger partial charge in [0.1, 0.15) is 11.5 Å². The summed E-state index contributed by atoms with van der Waals surface area (Å²) in [5.74, 6) is 1.70. The Morgan fingerprint density at radius 2 is 1.33 bits per heavy atom.